The minimum absolute atomic E-state index is 0.0100. The molecule has 2 saturated carbocycles. The van der Waals surface area contributed by atoms with Crippen molar-refractivity contribution in [3.05, 3.63) is 34.4 Å². The van der Waals surface area contributed by atoms with Gasteiger partial charge in [-0.1, -0.05) is 0 Å². The van der Waals surface area contributed by atoms with Crippen LogP contribution in [0.3, 0.4) is 0 Å². The van der Waals surface area contributed by atoms with Crippen LogP contribution in [0.1, 0.15) is 6.42 Å². The molecule has 2 bridgehead atoms. The Labute approximate surface area is 135 Å². The highest BCUT2D eigenvalue weighted by atomic mass is 32.2. The van der Waals surface area contributed by atoms with Gasteiger partial charge in [0.15, 0.2) is 0 Å². The fraction of sp³-hybridized carbons (Fsp3) is 0.467. The van der Waals surface area contributed by atoms with E-state index in [0.717, 1.165) is 4.90 Å². The molecular weight excluding hydrogens is 322 g/mol. The maximum atomic E-state index is 12.0. The van der Waals surface area contributed by atoms with Crippen LogP contribution in [0.4, 0.5) is 5.69 Å². The molecule has 1 N–H and O–H groups in total. The number of nitro groups is 1. The number of non-ortho nitro benzene ring substituents is 1. The van der Waals surface area contributed by atoms with E-state index >= 15 is 0 Å². The minimum atomic E-state index is -0.936. The molecule has 0 unspecified atom stereocenters. The highest BCUT2D eigenvalue weighted by molar-refractivity contribution is 8.00. The van der Waals surface area contributed by atoms with E-state index in [1.807, 2.05) is 0 Å². The maximum Gasteiger partial charge on any atom is 0.310 e. The number of fused-ring (bicyclic) bond motifs is 1. The van der Waals surface area contributed by atoms with Crippen LogP contribution in [-0.4, -0.2) is 33.3 Å². The first-order valence-electron chi connectivity index (χ1n) is 7.32. The average Bonchev–Trinajstić information content (AvgIpc) is 3.11. The number of rotatable bonds is 4. The van der Waals surface area contributed by atoms with Gasteiger partial charge < -0.3 is 9.84 Å². The van der Waals surface area contributed by atoms with Crippen molar-refractivity contribution in [2.45, 2.75) is 22.7 Å². The number of carboxylic acids is 1. The second-order valence-electron chi connectivity index (χ2n) is 6.19. The lowest BCUT2D eigenvalue weighted by atomic mass is 9.80. The standard InChI is InChI=1S/C15H13NO6S/c17-14(18)10-9-5-8-11(10)15(19)22-12(8)13(9)23-7-3-1-6(2-4-7)16(20)21/h1-4,8-13H,5H2,(H,17,18)/t8-,9+,10-,11+,12+,13-/m0/s1. The molecule has 0 spiro atoms. The van der Waals surface area contributed by atoms with Crippen LogP contribution in [0, 0.1) is 33.8 Å². The fourth-order valence-corrected chi connectivity index (χ4v) is 5.74. The Bertz CT molecular complexity index is 704. The second kappa shape index (κ2) is 4.95. The molecule has 8 heteroatoms. The lowest BCUT2D eigenvalue weighted by molar-refractivity contribution is -0.384. The monoisotopic (exact) mass is 335 g/mol. The van der Waals surface area contributed by atoms with Crippen LogP contribution in [-0.2, 0) is 14.3 Å². The third-order valence-corrected chi connectivity index (χ3v) is 6.59. The van der Waals surface area contributed by atoms with Gasteiger partial charge in [0.1, 0.15) is 6.10 Å². The van der Waals surface area contributed by atoms with Crippen LogP contribution >= 0.6 is 11.8 Å². The van der Waals surface area contributed by atoms with Crippen molar-refractivity contribution in [1.82, 2.24) is 0 Å². The number of thioether (sulfide) groups is 1. The predicted octanol–water partition coefficient (Wildman–Crippen LogP) is 1.95. The number of ether oxygens (including phenoxy) is 1. The first-order valence-corrected chi connectivity index (χ1v) is 8.20. The van der Waals surface area contributed by atoms with E-state index in [2.05, 4.69) is 0 Å². The van der Waals surface area contributed by atoms with Gasteiger partial charge >= 0.3 is 11.9 Å². The lowest BCUT2D eigenvalue weighted by Crippen LogP contribution is -2.39. The Kier molecular flexibility index (Phi) is 3.12. The fourth-order valence-electron chi connectivity index (χ4n) is 4.29. The number of carboxylic acid groups (broad SMARTS) is 1. The van der Waals surface area contributed by atoms with E-state index in [-0.39, 0.29) is 34.8 Å². The van der Waals surface area contributed by atoms with Crippen molar-refractivity contribution in [3.8, 4) is 0 Å². The SMILES string of the molecule is O=C1O[C@@H]2[C@H]3C[C@@H]([C@@H]2Sc2ccc([N+](=O)[O-])cc2)[C@H](C(=O)O)[C@H]13. The highest BCUT2D eigenvalue weighted by Gasteiger charge is 2.68. The summed E-state index contributed by atoms with van der Waals surface area (Å²) in [6.07, 6.45) is 0.455. The smallest absolute Gasteiger partial charge is 0.310 e. The van der Waals surface area contributed by atoms with Gasteiger partial charge in [0.05, 0.1) is 22.0 Å². The molecule has 1 aromatic rings. The summed E-state index contributed by atoms with van der Waals surface area (Å²) in [5.74, 6) is -2.61. The number of benzene rings is 1. The number of aliphatic carboxylic acids is 1. The van der Waals surface area contributed by atoms with Crippen molar-refractivity contribution in [2.24, 2.45) is 23.7 Å². The summed E-state index contributed by atoms with van der Waals surface area (Å²) in [5.41, 5.74) is 0.0121. The quantitative estimate of drug-likeness (QED) is 0.509. The zero-order valence-electron chi connectivity index (χ0n) is 11.8. The van der Waals surface area contributed by atoms with Crippen molar-refractivity contribution in [2.75, 3.05) is 0 Å². The number of hydrogen-bond acceptors (Lipinski definition) is 6. The summed E-state index contributed by atoms with van der Waals surface area (Å²) < 4.78 is 5.44. The molecule has 6 atom stereocenters. The number of carbonyl (C=O) groups excluding carboxylic acids is 1. The molecule has 23 heavy (non-hydrogen) atoms. The molecule has 7 nitrogen and oxygen atoms in total. The Morgan fingerprint density at radius 2 is 2.00 bits per heavy atom. The zero-order valence-corrected chi connectivity index (χ0v) is 12.6. The highest BCUT2D eigenvalue weighted by Crippen LogP contribution is 2.61. The number of carbonyl (C=O) groups is 2. The second-order valence-corrected chi connectivity index (χ2v) is 7.44. The molecule has 4 rings (SSSR count). The van der Waals surface area contributed by atoms with Gasteiger partial charge in [-0.25, -0.2) is 0 Å². The Morgan fingerprint density at radius 1 is 1.30 bits per heavy atom. The van der Waals surface area contributed by atoms with Crippen molar-refractivity contribution in [3.63, 3.8) is 0 Å². The molecule has 1 aliphatic heterocycles. The van der Waals surface area contributed by atoms with E-state index in [1.165, 1.54) is 23.9 Å². The van der Waals surface area contributed by atoms with Crippen molar-refractivity contribution >= 4 is 29.4 Å². The summed E-state index contributed by atoms with van der Waals surface area (Å²) in [7, 11) is 0. The molecule has 120 valence electrons. The zero-order chi connectivity index (χ0) is 16.3. The van der Waals surface area contributed by atoms with Crippen molar-refractivity contribution < 1.29 is 24.4 Å². The number of nitrogens with zero attached hydrogens (tertiary/aromatic N) is 1. The third-order valence-electron chi connectivity index (χ3n) is 5.15. The molecule has 1 aromatic carbocycles. The molecular formula is C15H13NO6S. The summed E-state index contributed by atoms with van der Waals surface area (Å²) in [6, 6.07) is 6.15. The summed E-state index contributed by atoms with van der Waals surface area (Å²) in [4.78, 5) is 34.6. The van der Waals surface area contributed by atoms with Gasteiger partial charge in [-0.3, -0.25) is 19.7 Å². The largest absolute Gasteiger partial charge is 0.481 e. The number of esters is 1. The first kappa shape index (κ1) is 14.5. The number of nitro benzene ring substituents is 1. The third kappa shape index (κ3) is 2.04. The molecule has 1 saturated heterocycles. The van der Waals surface area contributed by atoms with Gasteiger partial charge in [0, 0.05) is 22.9 Å². The van der Waals surface area contributed by atoms with Gasteiger partial charge in [0.2, 0.25) is 0 Å². The van der Waals surface area contributed by atoms with E-state index in [9.17, 15) is 24.8 Å². The van der Waals surface area contributed by atoms with E-state index in [1.54, 1.807) is 12.1 Å². The Morgan fingerprint density at radius 3 is 2.61 bits per heavy atom. The Hall–Kier alpha value is -2.09. The summed E-state index contributed by atoms with van der Waals surface area (Å²) >= 11 is 1.45. The molecule has 3 fully saturated rings. The average molecular weight is 335 g/mol. The number of hydrogen-bond donors (Lipinski definition) is 1. The van der Waals surface area contributed by atoms with Gasteiger partial charge in [-0.05, 0) is 24.5 Å². The van der Waals surface area contributed by atoms with Crippen LogP contribution in [0.5, 0.6) is 0 Å². The Balaban J connectivity index is 1.59. The van der Waals surface area contributed by atoms with Crippen LogP contribution < -0.4 is 0 Å². The minimum Gasteiger partial charge on any atom is -0.481 e. The van der Waals surface area contributed by atoms with Gasteiger partial charge in [-0.2, -0.15) is 0 Å². The van der Waals surface area contributed by atoms with Gasteiger partial charge in [0.25, 0.3) is 5.69 Å². The van der Waals surface area contributed by atoms with E-state index < -0.39 is 22.7 Å². The summed E-state index contributed by atoms with van der Waals surface area (Å²) in [6.45, 7) is 0. The molecule has 0 aromatic heterocycles. The normalized spacial score (nSPS) is 37.0. The van der Waals surface area contributed by atoms with E-state index in [4.69, 9.17) is 4.74 Å². The maximum absolute atomic E-state index is 12.0. The predicted molar refractivity (Wildman–Crippen MR) is 78.8 cm³/mol. The molecule has 0 amide bonds. The summed E-state index contributed by atoms with van der Waals surface area (Å²) in [5, 5.41) is 20.1. The van der Waals surface area contributed by atoms with Crippen LogP contribution in [0.25, 0.3) is 0 Å². The lowest BCUT2D eigenvalue weighted by Gasteiger charge is -2.29. The molecule has 3 aliphatic rings. The molecule has 2 aliphatic carbocycles. The van der Waals surface area contributed by atoms with Crippen LogP contribution in [0.2, 0.25) is 0 Å². The van der Waals surface area contributed by atoms with Crippen LogP contribution in [0.15, 0.2) is 29.2 Å². The van der Waals surface area contributed by atoms with Gasteiger partial charge in [-0.15, -0.1) is 11.8 Å². The topological polar surface area (TPSA) is 107 Å². The first-order chi connectivity index (χ1) is 11.0. The van der Waals surface area contributed by atoms with E-state index in [0.29, 0.717) is 6.42 Å². The molecule has 0 radical (unpaired) electrons. The molecule has 1 heterocycles. The van der Waals surface area contributed by atoms with Crippen molar-refractivity contribution in [1.29, 1.82) is 0 Å².